The van der Waals surface area contributed by atoms with E-state index >= 15 is 0 Å². The molecule has 1 aliphatic heterocycles. The van der Waals surface area contributed by atoms with Gasteiger partial charge in [-0.15, -0.1) is 0 Å². The number of nitrogens with zero attached hydrogens (tertiary/aromatic N) is 2. The molecule has 0 atom stereocenters. The van der Waals surface area contributed by atoms with Gasteiger partial charge in [0, 0.05) is 12.1 Å². The van der Waals surface area contributed by atoms with Crippen LogP contribution in [0.25, 0.3) is 5.57 Å². The number of amides is 2. The van der Waals surface area contributed by atoms with Crippen molar-refractivity contribution in [2.75, 3.05) is 16.8 Å². The SMILES string of the molecule is CCOc1ccccc1NC1=C(c2ccc([N+](=O)[O-])cc2)C(=O)N(c2ccccc2F)C1=O. The number of anilines is 2. The molecule has 9 heteroatoms. The Morgan fingerprint density at radius 3 is 2.30 bits per heavy atom. The summed E-state index contributed by atoms with van der Waals surface area (Å²) in [6.45, 7) is 2.18. The van der Waals surface area contributed by atoms with Gasteiger partial charge in [-0.05, 0) is 48.9 Å². The fourth-order valence-electron chi connectivity index (χ4n) is 3.50. The molecule has 0 fully saturated rings. The Morgan fingerprint density at radius 2 is 1.64 bits per heavy atom. The van der Waals surface area contributed by atoms with Crippen LogP contribution in [0.5, 0.6) is 5.75 Å². The number of rotatable bonds is 7. The molecule has 0 spiro atoms. The normalized spacial score (nSPS) is 13.5. The zero-order valence-corrected chi connectivity index (χ0v) is 17.4. The minimum atomic E-state index is -0.759. The van der Waals surface area contributed by atoms with Gasteiger partial charge in [-0.25, -0.2) is 9.29 Å². The monoisotopic (exact) mass is 447 g/mol. The second-order valence-electron chi connectivity index (χ2n) is 7.01. The predicted octanol–water partition coefficient (Wildman–Crippen LogP) is 4.53. The molecule has 1 heterocycles. The van der Waals surface area contributed by atoms with Crippen molar-refractivity contribution in [1.29, 1.82) is 0 Å². The number of nitro benzene ring substituents is 1. The fraction of sp³-hybridized carbons (Fsp3) is 0.0833. The first kappa shape index (κ1) is 21.7. The third kappa shape index (κ3) is 4.03. The third-order valence-corrected chi connectivity index (χ3v) is 4.99. The first-order valence-corrected chi connectivity index (χ1v) is 10.0. The maximum Gasteiger partial charge on any atom is 0.282 e. The molecule has 0 radical (unpaired) electrons. The summed E-state index contributed by atoms with van der Waals surface area (Å²) in [6, 6.07) is 17.5. The maximum atomic E-state index is 14.5. The molecule has 1 aliphatic rings. The molecule has 3 aromatic carbocycles. The number of ether oxygens (including phenoxy) is 1. The van der Waals surface area contributed by atoms with Gasteiger partial charge in [0.05, 0.1) is 28.5 Å². The van der Waals surface area contributed by atoms with Crippen LogP contribution in [-0.4, -0.2) is 23.3 Å². The topological polar surface area (TPSA) is 102 Å². The zero-order chi connectivity index (χ0) is 23.5. The van der Waals surface area contributed by atoms with Crippen molar-refractivity contribution >= 4 is 34.4 Å². The van der Waals surface area contributed by atoms with Crippen LogP contribution in [0.15, 0.2) is 78.5 Å². The van der Waals surface area contributed by atoms with Gasteiger partial charge in [-0.1, -0.05) is 24.3 Å². The van der Waals surface area contributed by atoms with Gasteiger partial charge in [-0.2, -0.15) is 0 Å². The molecule has 0 bridgehead atoms. The van der Waals surface area contributed by atoms with Crippen LogP contribution >= 0.6 is 0 Å². The predicted molar refractivity (Wildman–Crippen MR) is 120 cm³/mol. The Hall–Kier alpha value is -4.53. The molecule has 166 valence electrons. The van der Waals surface area contributed by atoms with Crippen LogP contribution in [-0.2, 0) is 9.59 Å². The van der Waals surface area contributed by atoms with E-state index in [1.165, 1.54) is 42.5 Å². The number of halogens is 1. The lowest BCUT2D eigenvalue weighted by Crippen LogP contribution is -2.33. The van der Waals surface area contributed by atoms with E-state index in [1.807, 2.05) is 6.92 Å². The number of hydrogen-bond acceptors (Lipinski definition) is 6. The Balaban J connectivity index is 1.85. The molecule has 0 saturated carbocycles. The summed E-state index contributed by atoms with van der Waals surface area (Å²) in [7, 11) is 0. The molecule has 0 saturated heterocycles. The van der Waals surface area contributed by atoms with Crippen LogP contribution < -0.4 is 15.0 Å². The maximum absolute atomic E-state index is 14.5. The molecule has 0 aromatic heterocycles. The number of nitro groups is 1. The van der Waals surface area contributed by atoms with E-state index in [4.69, 9.17) is 4.74 Å². The second kappa shape index (κ2) is 8.91. The molecule has 3 aromatic rings. The Bertz CT molecular complexity index is 1290. The molecule has 4 rings (SSSR count). The van der Waals surface area contributed by atoms with E-state index in [0.29, 0.717) is 18.0 Å². The lowest BCUT2D eigenvalue weighted by Gasteiger charge is -2.16. The fourth-order valence-corrected chi connectivity index (χ4v) is 3.50. The highest BCUT2D eigenvalue weighted by molar-refractivity contribution is 6.46. The number of hydrogen-bond donors (Lipinski definition) is 1. The molecule has 33 heavy (non-hydrogen) atoms. The molecule has 0 aliphatic carbocycles. The van der Waals surface area contributed by atoms with E-state index in [9.17, 15) is 24.1 Å². The van der Waals surface area contributed by atoms with Crippen LogP contribution in [0.2, 0.25) is 0 Å². The van der Waals surface area contributed by atoms with Crippen molar-refractivity contribution < 1.29 is 23.6 Å². The first-order chi connectivity index (χ1) is 15.9. The number of imide groups is 1. The van der Waals surface area contributed by atoms with Crippen molar-refractivity contribution in [1.82, 2.24) is 0 Å². The summed E-state index contributed by atoms with van der Waals surface area (Å²) in [5.74, 6) is -1.79. The van der Waals surface area contributed by atoms with E-state index in [-0.39, 0.29) is 28.2 Å². The Labute approximate surface area is 188 Å². The lowest BCUT2D eigenvalue weighted by atomic mass is 10.0. The average molecular weight is 447 g/mol. The van der Waals surface area contributed by atoms with Crippen molar-refractivity contribution in [3.8, 4) is 5.75 Å². The lowest BCUT2D eigenvalue weighted by molar-refractivity contribution is -0.384. The number of carbonyl (C=O) groups excluding carboxylic acids is 2. The Morgan fingerprint density at radius 1 is 0.970 bits per heavy atom. The summed E-state index contributed by atoms with van der Waals surface area (Å²) in [4.78, 5) is 38.0. The van der Waals surface area contributed by atoms with Gasteiger partial charge in [0.1, 0.15) is 17.3 Å². The summed E-state index contributed by atoms with van der Waals surface area (Å²) in [6.07, 6.45) is 0. The summed E-state index contributed by atoms with van der Waals surface area (Å²) in [5, 5.41) is 14.0. The molecular formula is C24H18FN3O5. The van der Waals surface area contributed by atoms with Gasteiger partial charge in [0.25, 0.3) is 17.5 Å². The van der Waals surface area contributed by atoms with Crippen molar-refractivity contribution in [2.24, 2.45) is 0 Å². The number of para-hydroxylation sites is 3. The van der Waals surface area contributed by atoms with Crippen LogP contribution in [0.1, 0.15) is 12.5 Å². The van der Waals surface area contributed by atoms with Gasteiger partial charge >= 0.3 is 0 Å². The molecular weight excluding hydrogens is 429 g/mol. The number of nitrogens with one attached hydrogen (secondary N) is 1. The number of non-ortho nitro benzene ring substituents is 1. The average Bonchev–Trinajstić information content (AvgIpc) is 3.05. The van der Waals surface area contributed by atoms with Crippen LogP contribution in [0.3, 0.4) is 0 Å². The van der Waals surface area contributed by atoms with Crippen molar-refractivity contribution in [2.45, 2.75) is 6.92 Å². The first-order valence-electron chi connectivity index (χ1n) is 10.0. The van der Waals surface area contributed by atoms with Gasteiger partial charge in [0.15, 0.2) is 0 Å². The number of benzene rings is 3. The van der Waals surface area contributed by atoms with E-state index in [1.54, 1.807) is 24.3 Å². The highest BCUT2D eigenvalue weighted by atomic mass is 19.1. The Kier molecular flexibility index (Phi) is 5.86. The minimum Gasteiger partial charge on any atom is -0.492 e. The van der Waals surface area contributed by atoms with Gasteiger partial charge in [-0.3, -0.25) is 19.7 Å². The standard InChI is InChI=1S/C24H18FN3O5/c1-2-33-20-10-6-4-8-18(20)26-22-21(15-11-13-16(14-12-15)28(31)32)23(29)27(24(22)30)19-9-5-3-7-17(19)25/h3-14,26H,2H2,1H3. The van der Waals surface area contributed by atoms with Crippen LogP contribution in [0, 0.1) is 15.9 Å². The highest BCUT2D eigenvalue weighted by Crippen LogP contribution is 2.36. The smallest absolute Gasteiger partial charge is 0.282 e. The summed E-state index contributed by atoms with van der Waals surface area (Å²) >= 11 is 0. The van der Waals surface area contributed by atoms with Crippen molar-refractivity contribution in [3.05, 3.63) is 100.0 Å². The third-order valence-electron chi connectivity index (χ3n) is 4.99. The molecule has 2 amide bonds. The second-order valence-corrected chi connectivity index (χ2v) is 7.01. The molecule has 8 nitrogen and oxygen atoms in total. The van der Waals surface area contributed by atoms with Crippen LogP contribution in [0.4, 0.5) is 21.5 Å². The largest absolute Gasteiger partial charge is 0.492 e. The molecule has 1 N–H and O–H groups in total. The van der Waals surface area contributed by atoms with Crippen molar-refractivity contribution in [3.63, 3.8) is 0 Å². The van der Waals surface area contributed by atoms with E-state index in [2.05, 4.69) is 5.32 Å². The summed E-state index contributed by atoms with van der Waals surface area (Å²) in [5.41, 5.74) is 0.216. The highest BCUT2D eigenvalue weighted by Gasteiger charge is 2.41. The van der Waals surface area contributed by atoms with Gasteiger partial charge < -0.3 is 10.1 Å². The molecule has 0 unspecified atom stereocenters. The van der Waals surface area contributed by atoms with Gasteiger partial charge in [0.2, 0.25) is 0 Å². The quantitative estimate of drug-likeness (QED) is 0.324. The van der Waals surface area contributed by atoms with E-state index < -0.39 is 22.6 Å². The number of carbonyl (C=O) groups is 2. The zero-order valence-electron chi connectivity index (χ0n) is 17.4. The minimum absolute atomic E-state index is 0.0375. The summed E-state index contributed by atoms with van der Waals surface area (Å²) < 4.78 is 20.1. The van der Waals surface area contributed by atoms with E-state index in [0.717, 1.165) is 11.0 Å².